The van der Waals surface area contributed by atoms with Gasteiger partial charge >= 0.3 is 0 Å². The molecule has 0 amide bonds. The van der Waals surface area contributed by atoms with Crippen LogP contribution in [0.4, 0.5) is 0 Å². The molecule has 76 valence electrons. The van der Waals surface area contributed by atoms with Crippen LogP contribution in [0.25, 0.3) is 0 Å². The van der Waals surface area contributed by atoms with Crippen LogP contribution in [-0.4, -0.2) is 23.3 Å². The van der Waals surface area contributed by atoms with Gasteiger partial charge in [-0.1, -0.05) is 18.7 Å². The van der Waals surface area contributed by atoms with Crippen LogP contribution in [-0.2, 0) is 0 Å². The van der Waals surface area contributed by atoms with Crippen molar-refractivity contribution in [2.75, 3.05) is 12.3 Å². The van der Waals surface area contributed by atoms with Crippen molar-refractivity contribution in [3.63, 3.8) is 0 Å². The van der Waals surface area contributed by atoms with Crippen molar-refractivity contribution in [1.29, 1.82) is 5.26 Å². The Balaban J connectivity index is 2.17. The highest BCUT2D eigenvalue weighted by Gasteiger charge is 2.05. The van der Waals surface area contributed by atoms with E-state index in [9.17, 15) is 0 Å². The Kier molecular flexibility index (Phi) is 5.60. The highest BCUT2D eigenvalue weighted by atomic mass is 32.2. The van der Waals surface area contributed by atoms with Gasteiger partial charge in [-0.2, -0.15) is 5.26 Å². The molecule has 5 heteroatoms. The quantitative estimate of drug-likeness (QED) is 0.756. The van der Waals surface area contributed by atoms with E-state index in [2.05, 4.69) is 16.4 Å². The van der Waals surface area contributed by atoms with Crippen LogP contribution in [0.1, 0.15) is 13.3 Å². The Morgan fingerprint density at radius 1 is 1.79 bits per heavy atom. The van der Waals surface area contributed by atoms with Crippen LogP contribution in [0.2, 0.25) is 0 Å². The fraction of sp³-hybridized carbons (Fsp3) is 0.556. The van der Waals surface area contributed by atoms with Crippen molar-refractivity contribution < 1.29 is 0 Å². The molecule has 0 radical (unpaired) electrons. The van der Waals surface area contributed by atoms with Gasteiger partial charge in [0, 0.05) is 17.3 Å². The Hall–Kier alpha value is -0.570. The van der Waals surface area contributed by atoms with Gasteiger partial charge in [0.2, 0.25) is 0 Å². The molecule has 1 aromatic heterocycles. The lowest BCUT2D eigenvalue weighted by molar-refractivity contribution is 0.613. The summed E-state index contributed by atoms with van der Waals surface area (Å²) in [5.41, 5.74) is 0. The van der Waals surface area contributed by atoms with Crippen molar-refractivity contribution in [2.45, 2.75) is 23.7 Å². The number of nitrogens with zero attached hydrogens (tertiary/aromatic N) is 2. The number of rotatable bonds is 6. The van der Waals surface area contributed by atoms with E-state index >= 15 is 0 Å². The van der Waals surface area contributed by atoms with E-state index in [-0.39, 0.29) is 6.04 Å². The van der Waals surface area contributed by atoms with E-state index < -0.39 is 0 Å². The molecule has 0 aliphatic carbocycles. The lowest BCUT2D eigenvalue weighted by Crippen LogP contribution is -2.27. The monoisotopic (exact) mass is 227 g/mol. The number of thiazole rings is 1. The van der Waals surface area contributed by atoms with Crippen molar-refractivity contribution >= 4 is 23.1 Å². The third-order valence-corrected chi connectivity index (χ3v) is 3.65. The molecule has 0 aromatic carbocycles. The highest BCUT2D eigenvalue weighted by Crippen LogP contribution is 2.21. The standard InChI is InChI=1S/C9H13N3S2/c1-2-11-8(7-10)3-5-13-9-12-4-6-14-9/h4,6,8,11H,2-3,5H2,1H3. The number of thioether (sulfide) groups is 1. The first-order valence-electron chi connectivity index (χ1n) is 4.52. The minimum absolute atomic E-state index is 0.0209. The first kappa shape index (κ1) is 11.5. The zero-order chi connectivity index (χ0) is 10.2. The van der Waals surface area contributed by atoms with E-state index in [4.69, 9.17) is 5.26 Å². The molecule has 0 saturated heterocycles. The third-order valence-electron chi connectivity index (χ3n) is 1.65. The lowest BCUT2D eigenvalue weighted by atomic mass is 10.2. The van der Waals surface area contributed by atoms with Gasteiger partial charge in [0.15, 0.2) is 0 Å². The van der Waals surface area contributed by atoms with E-state index in [1.165, 1.54) is 0 Å². The van der Waals surface area contributed by atoms with E-state index in [0.717, 1.165) is 23.1 Å². The van der Waals surface area contributed by atoms with Gasteiger partial charge in [-0.25, -0.2) is 4.98 Å². The Morgan fingerprint density at radius 2 is 2.64 bits per heavy atom. The molecule has 0 aliphatic heterocycles. The second-order valence-electron chi connectivity index (χ2n) is 2.67. The van der Waals surface area contributed by atoms with Gasteiger partial charge < -0.3 is 5.32 Å². The molecule has 3 nitrogen and oxygen atoms in total. The largest absolute Gasteiger partial charge is 0.302 e. The first-order valence-corrected chi connectivity index (χ1v) is 6.38. The summed E-state index contributed by atoms with van der Waals surface area (Å²) in [4.78, 5) is 4.16. The van der Waals surface area contributed by atoms with Crippen molar-refractivity contribution in [1.82, 2.24) is 10.3 Å². The summed E-state index contributed by atoms with van der Waals surface area (Å²) in [6, 6.07) is 2.22. The predicted molar refractivity (Wildman–Crippen MR) is 60.5 cm³/mol. The minimum atomic E-state index is -0.0209. The maximum atomic E-state index is 8.78. The number of hydrogen-bond acceptors (Lipinski definition) is 5. The van der Waals surface area contributed by atoms with Gasteiger partial charge in [0.05, 0.1) is 12.1 Å². The van der Waals surface area contributed by atoms with Crippen molar-refractivity contribution in [3.8, 4) is 6.07 Å². The van der Waals surface area contributed by atoms with Crippen molar-refractivity contribution in [3.05, 3.63) is 11.6 Å². The zero-order valence-corrected chi connectivity index (χ0v) is 9.70. The molecule has 1 rings (SSSR count). The second kappa shape index (κ2) is 6.82. The van der Waals surface area contributed by atoms with E-state index in [0.29, 0.717) is 0 Å². The molecule has 1 unspecified atom stereocenters. The second-order valence-corrected chi connectivity index (χ2v) is 4.91. The third kappa shape index (κ3) is 4.09. The molecular weight excluding hydrogens is 214 g/mol. The summed E-state index contributed by atoms with van der Waals surface area (Å²) in [5.74, 6) is 0.943. The molecule has 0 saturated carbocycles. The van der Waals surface area contributed by atoms with Gasteiger partial charge in [-0.15, -0.1) is 11.3 Å². The molecular formula is C9H13N3S2. The van der Waals surface area contributed by atoms with Gasteiger partial charge in [-0.05, 0) is 13.0 Å². The number of nitriles is 1. The summed E-state index contributed by atoms with van der Waals surface area (Å²) in [5, 5.41) is 13.9. The molecule has 1 heterocycles. The SMILES string of the molecule is CCNC(C#N)CCSc1nccs1. The molecule has 1 atom stereocenters. The summed E-state index contributed by atoms with van der Waals surface area (Å²) in [6.45, 7) is 2.86. The summed E-state index contributed by atoms with van der Waals surface area (Å²) < 4.78 is 1.08. The van der Waals surface area contributed by atoms with Crippen LogP contribution < -0.4 is 5.32 Å². The molecule has 0 spiro atoms. The highest BCUT2D eigenvalue weighted by molar-refractivity contribution is 8.00. The summed E-state index contributed by atoms with van der Waals surface area (Å²) in [7, 11) is 0. The molecule has 0 fully saturated rings. The van der Waals surface area contributed by atoms with Gasteiger partial charge in [0.1, 0.15) is 4.34 Å². The Labute approximate surface area is 92.5 Å². The van der Waals surface area contributed by atoms with Crippen LogP contribution >= 0.6 is 23.1 Å². The summed E-state index contributed by atoms with van der Waals surface area (Å²) in [6.07, 6.45) is 2.67. The fourth-order valence-electron chi connectivity index (χ4n) is 1.00. The topological polar surface area (TPSA) is 48.7 Å². The van der Waals surface area contributed by atoms with Crippen LogP contribution in [0, 0.1) is 11.3 Å². The summed E-state index contributed by atoms with van der Waals surface area (Å²) >= 11 is 3.36. The lowest BCUT2D eigenvalue weighted by Gasteiger charge is -2.07. The average molecular weight is 227 g/mol. The van der Waals surface area contributed by atoms with E-state index in [1.54, 1.807) is 29.3 Å². The zero-order valence-electron chi connectivity index (χ0n) is 8.06. The maximum Gasteiger partial charge on any atom is 0.149 e. The number of nitrogens with one attached hydrogen (secondary N) is 1. The van der Waals surface area contributed by atoms with Gasteiger partial charge in [-0.3, -0.25) is 0 Å². The molecule has 14 heavy (non-hydrogen) atoms. The molecule has 1 N–H and O–H groups in total. The van der Waals surface area contributed by atoms with Crippen LogP contribution in [0.3, 0.4) is 0 Å². The first-order chi connectivity index (χ1) is 6.86. The average Bonchev–Trinajstić information content (AvgIpc) is 2.69. The fourth-order valence-corrected chi connectivity index (χ4v) is 2.72. The normalized spacial score (nSPS) is 12.3. The van der Waals surface area contributed by atoms with Crippen molar-refractivity contribution in [2.24, 2.45) is 0 Å². The molecule has 1 aromatic rings. The minimum Gasteiger partial charge on any atom is -0.302 e. The molecule has 0 aliphatic rings. The van der Waals surface area contributed by atoms with Gasteiger partial charge in [0.25, 0.3) is 0 Å². The number of aromatic nitrogens is 1. The predicted octanol–water partition coefficient (Wildman–Crippen LogP) is 2.13. The van der Waals surface area contributed by atoms with Crippen LogP contribution in [0.15, 0.2) is 15.9 Å². The van der Waals surface area contributed by atoms with E-state index in [1.807, 2.05) is 12.3 Å². The molecule has 0 bridgehead atoms. The van der Waals surface area contributed by atoms with Crippen LogP contribution in [0.5, 0.6) is 0 Å². The smallest absolute Gasteiger partial charge is 0.149 e. The maximum absolute atomic E-state index is 8.78. The number of hydrogen-bond donors (Lipinski definition) is 1. The Bertz CT molecular complexity index is 279. The Morgan fingerprint density at radius 3 is 3.21 bits per heavy atom.